The molecular weight excluding hydrogens is 240 g/mol. The maximum Gasteiger partial charge on any atom is 0.416 e. The molecule has 0 spiro atoms. The zero-order valence-electron chi connectivity index (χ0n) is 11.0. The highest BCUT2D eigenvalue weighted by Gasteiger charge is 2.32. The molecule has 0 saturated carbocycles. The van der Waals surface area contributed by atoms with Gasteiger partial charge in [0.1, 0.15) is 7.85 Å². The summed E-state index contributed by atoms with van der Waals surface area (Å²) >= 11 is 0. The normalized spacial score (nSPS) is 12.6. The van der Waals surface area contributed by atoms with Gasteiger partial charge in [0, 0.05) is 5.56 Å². The van der Waals surface area contributed by atoms with Crippen LogP contribution < -0.4 is 0 Å². The van der Waals surface area contributed by atoms with E-state index in [1.807, 2.05) is 20.8 Å². The van der Waals surface area contributed by atoms with Crippen molar-refractivity contribution in [3.8, 4) is 0 Å². The van der Waals surface area contributed by atoms with E-state index < -0.39 is 17.2 Å². The number of Topliss-reactive ketones (excluding diaryl/α,β-unsaturated/α-hetero) is 1. The molecule has 1 nitrogen and oxygen atoms in total. The molecule has 0 radical (unpaired) electrons. The number of benzene rings is 1. The van der Waals surface area contributed by atoms with Crippen LogP contribution in [0.5, 0.6) is 0 Å². The van der Waals surface area contributed by atoms with Gasteiger partial charge in [-0.15, -0.1) is 0 Å². The predicted molar refractivity (Wildman–Crippen MR) is 67.8 cm³/mol. The number of rotatable bonds is 2. The van der Waals surface area contributed by atoms with Crippen LogP contribution >= 0.6 is 0 Å². The van der Waals surface area contributed by atoms with Gasteiger partial charge in [0.05, 0.1) is 5.56 Å². The van der Waals surface area contributed by atoms with Gasteiger partial charge < -0.3 is 0 Å². The number of halogens is 3. The highest BCUT2D eigenvalue weighted by molar-refractivity contribution is 6.24. The Balaban J connectivity index is 3.44. The maximum absolute atomic E-state index is 12.8. The highest BCUT2D eigenvalue weighted by atomic mass is 19.4. The Morgan fingerprint density at radius 2 is 1.61 bits per heavy atom. The molecule has 0 N–H and O–H groups in total. The van der Waals surface area contributed by atoms with E-state index in [0.29, 0.717) is 5.56 Å². The lowest BCUT2D eigenvalue weighted by Crippen LogP contribution is -2.16. The van der Waals surface area contributed by atoms with Crippen LogP contribution in [0.3, 0.4) is 0 Å². The lowest BCUT2D eigenvalue weighted by molar-refractivity contribution is -0.137. The molecule has 0 aliphatic carbocycles. The molecule has 0 aliphatic heterocycles. The van der Waals surface area contributed by atoms with Gasteiger partial charge in [0.2, 0.25) is 0 Å². The van der Waals surface area contributed by atoms with E-state index in [2.05, 4.69) is 0 Å². The van der Waals surface area contributed by atoms with Gasteiger partial charge in [-0.1, -0.05) is 20.8 Å². The third kappa shape index (κ3) is 3.37. The van der Waals surface area contributed by atoms with E-state index >= 15 is 0 Å². The van der Waals surface area contributed by atoms with Gasteiger partial charge in [0.15, 0.2) is 5.78 Å². The summed E-state index contributed by atoms with van der Waals surface area (Å²) in [6.07, 6.45) is -4.23. The topological polar surface area (TPSA) is 17.1 Å². The fourth-order valence-corrected chi connectivity index (χ4v) is 1.59. The summed E-state index contributed by atoms with van der Waals surface area (Å²) < 4.78 is 38.4. The van der Waals surface area contributed by atoms with E-state index in [-0.39, 0.29) is 17.7 Å². The lowest BCUT2D eigenvalue weighted by Gasteiger charge is -2.21. The molecule has 5 heteroatoms. The summed E-state index contributed by atoms with van der Waals surface area (Å²) in [7, 11) is 1.64. The molecule has 1 rings (SSSR count). The monoisotopic (exact) mass is 256 g/mol. The smallest absolute Gasteiger partial charge is 0.295 e. The summed E-state index contributed by atoms with van der Waals surface area (Å²) in [4.78, 5) is 11.6. The maximum atomic E-state index is 12.8. The number of alkyl halides is 3. The minimum atomic E-state index is -4.43. The lowest BCUT2D eigenvalue weighted by atomic mass is 9.83. The summed E-state index contributed by atoms with van der Waals surface area (Å²) in [5, 5.41) is 0. The third-order valence-corrected chi connectivity index (χ3v) is 2.77. The standard InChI is InChI=1S/C13H16BF3O/c1-12(2,3)9-4-8(11(18)7-14)5-10(6-9)13(15,16)17/h4-6H,7,14H2,1-3H3. The SMILES string of the molecule is BCC(=O)c1cc(C(C)(C)C)cc(C(F)(F)F)c1. The van der Waals surface area contributed by atoms with Crippen molar-refractivity contribution in [1.29, 1.82) is 0 Å². The average molecular weight is 256 g/mol. The second-order valence-electron chi connectivity index (χ2n) is 5.32. The number of ketones is 1. The van der Waals surface area contributed by atoms with E-state index in [4.69, 9.17) is 0 Å². The Morgan fingerprint density at radius 3 is 2.00 bits per heavy atom. The Bertz CT molecular complexity index is 426. The highest BCUT2D eigenvalue weighted by Crippen LogP contribution is 2.34. The van der Waals surface area contributed by atoms with Crippen molar-refractivity contribution in [2.75, 3.05) is 0 Å². The quantitative estimate of drug-likeness (QED) is 0.586. The van der Waals surface area contributed by atoms with Crippen LogP contribution in [0.25, 0.3) is 0 Å². The van der Waals surface area contributed by atoms with Crippen molar-refractivity contribution in [1.82, 2.24) is 0 Å². The zero-order chi connectivity index (χ0) is 14.1. The van der Waals surface area contributed by atoms with Gasteiger partial charge >= 0.3 is 6.18 Å². The van der Waals surface area contributed by atoms with Crippen LogP contribution in [0, 0.1) is 0 Å². The minimum Gasteiger partial charge on any atom is -0.295 e. The van der Waals surface area contributed by atoms with Crippen molar-refractivity contribution in [2.45, 2.75) is 38.7 Å². The van der Waals surface area contributed by atoms with Crippen molar-refractivity contribution < 1.29 is 18.0 Å². The molecule has 1 aromatic carbocycles. The molecule has 98 valence electrons. The van der Waals surface area contributed by atoms with E-state index in [1.165, 1.54) is 0 Å². The Morgan fingerprint density at radius 1 is 1.11 bits per heavy atom. The van der Waals surface area contributed by atoms with Gasteiger partial charge in [-0.3, -0.25) is 4.79 Å². The number of carbonyl (C=O) groups excluding carboxylic acids is 1. The molecule has 0 heterocycles. The van der Waals surface area contributed by atoms with Crippen LogP contribution in [0.1, 0.15) is 42.3 Å². The average Bonchev–Trinajstić information content (AvgIpc) is 2.25. The van der Waals surface area contributed by atoms with Crippen molar-refractivity contribution in [3.63, 3.8) is 0 Å². The molecule has 0 bridgehead atoms. The molecular formula is C13H16BF3O. The fraction of sp³-hybridized carbons (Fsp3) is 0.462. The van der Waals surface area contributed by atoms with E-state index in [1.54, 1.807) is 13.9 Å². The van der Waals surface area contributed by atoms with Crippen molar-refractivity contribution in [3.05, 3.63) is 34.9 Å². The summed E-state index contributed by atoms with van der Waals surface area (Å²) in [6, 6.07) is 3.61. The molecule has 0 fully saturated rings. The number of hydrogen-bond donors (Lipinski definition) is 0. The van der Waals surface area contributed by atoms with Crippen molar-refractivity contribution >= 4 is 13.6 Å². The molecule has 1 aromatic rings. The van der Waals surface area contributed by atoms with Crippen LogP contribution in [0.15, 0.2) is 18.2 Å². The first-order chi connectivity index (χ1) is 8.05. The molecule has 0 saturated heterocycles. The van der Waals surface area contributed by atoms with Crippen LogP contribution in [-0.2, 0) is 11.6 Å². The van der Waals surface area contributed by atoms with Crippen LogP contribution in [0.4, 0.5) is 13.2 Å². The fourth-order valence-electron chi connectivity index (χ4n) is 1.59. The van der Waals surface area contributed by atoms with Crippen LogP contribution in [0.2, 0.25) is 6.32 Å². The molecule has 0 aliphatic rings. The first-order valence-corrected chi connectivity index (χ1v) is 5.81. The minimum absolute atomic E-state index is 0.136. The van der Waals surface area contributed by atoms with Gasteiger partial charge in [-0.25, -0.2) is 0 Å². The van der Waals surface area contributed by atoms with Gasteiger partial charge in [-0.2, -0.15) is 13.2 Å². The molecule has 0 amide bonds. The summed E-state index contributed by atoms with van der Waals surface area (Å²) in [6.45, 7) is 5.47. The van der Waals surface area contributed by atoms with Gasteiger partial charge in [0.25, 0.3) is 0 Å². The number of carbonyl (C=O) groups is 1. The Hall–Kier alpha value is -1.26. The number of hydrogen-bond acceptors (Lipinski definition) is 1. The van der Waals surface area contributed by atoms with Crippen LogP contribution in [-0.4, -0.2) is 13.6 Å². The van der Waals surface area contributed by atoms with Crippen molar-refractivity contribution in [2.24, 2.45) is 0 Å². The second-order valence-corrected chi connectivity index (χ2v) is 5.32. The predicted octanol–water partition coefficient (Wildman–Crippen LogP) is 3.24. The molecule has 0 aromatic heterocycles. The summed E-state index contributed by atoms with van der Waals surface area (Å²) in [5.74, 6) is -0.272. The molecule has 0 atom stereocenters. The molecule has 0 unspecified atom stereocenters. The Kier molecular flexibility index (Phi) is 3.94. The Labute approximate surface area is 106 Å². The van der Waals surface area contributed by atoms with E-state index in [0.717, 1.165) is 12.1 Å². The summed E-state index contributed by atoms with van der Waals surface area (Å²) in [5.41, 5.74) is -0.526. The van der Waals surface area contributed by atoms with Gasteiger partial charge in [-0.05, 0) is 35.5 Å². The second kappa shape index (κ2) is 4.79. The van der Waals surface area contributed by atoms with E-state index in [9.17, 15) is 18.0 Å². The largest absolute Gasteiger partial charge is 0.416 e. The third-order valence-electron chi connectivity index (χ3n) is 2.77. The first kappa shape index (κ1) is 14.8. The molecule has 18 heavy (non-hydrogen) atoms. The zero-order valence-corrected chi connectivity index (χ0v) is 11.0. The first-order valence-electron chi connectivity index (χ1n) is 5.81.